The molecule has 0 aliphatic rings. The molecular formula is C15H27NO4. The number of nitrogens with zero attached hydrogens (tertiary/aromatic N) is 1. The van der Waals surface area contributed by atoms with Crippen molar-refractivity contribution >= 4 is 11.9 Å². The number of hydrogen-bond donors (Lipinski definition) is 2. The van der Waals surface area contributed by atoms with Crippen LogP contribution in [0, 0.1) is 0 Å². The highest BCUT2D eigenvalue weighted by Crippen LogP contribution is 1.97. The number of aliphatic carboxylic acids is 2. The molecule has 0 aromatic rings. The van der Waals surface area contributed by atoms with Crippen LogP contribution in [0.1, 0.15) is 41.0 Å². The van der Waals surface area contributed by atoms with E-state index in [2.05, 4.69) is 18.7 Å². The normalized spacial score (nSPS) is 11.9. The molecule has 0 aliphatic heterocycles. The smallest absolute Gasteiger partial charge is 0.330 e. The molecule has 0 rings (SSSR count). The summed E-state index contributed by atoms with van der Waals surface area (Å²) in [4.78, 5) is 22.6. The monoisotopic (exact) mass is 285 g/mol. The zero-order valence-corrected chi connectivity index (χ0v) is 13.1. The molecule has 0 saturated carbocycles. The van der Waals surface area contributed by atoms with E-state index in [-0.39, 0.29) is 0 Å². The zero-order valence-electron chi connectivity index (χ0n) is 13.1. The van der Waals surface area contributed by atoms with Gasteiger partial charge < -0.3 is 15.1 Å². The molecule has 20 heavy (non-hydrogen) atoms. The molecule has 0 unspecified atom stereocenters. The number of rotatable bonds is 7. The topological polar surface area (TPSA) is 77.8 Å². The van der Waals surface area contributed by atoms with Crippen molar-refractivity contribution in [1.82, 2.24) is 4.90 Å². The van der Waals surface area contributed by atoms with Gasteiger partial charge in [-0.3, -0.25) is 0 Å². The van der Waals surface area contributed by atoms with Gasteiger partial charge in [-0.1, -0.05) is 26.0 Å². The van der Waals surface area contributed by atoms with Gasteiger partial charge in [0.25, 0.3) is 0 Å². The van der Waals surface area contributed by atoms with Gasteiger partial charge in [0, 0.05) is 17.7 Å². The predicted molar refractivity (Wildman–Crippen MR) is 80.9 cm³/mol. The summed E-state index contributed by atoms with van der Waals surface area (Å²) in [5.74, 6) is -1.66. The molecule has 0 saturated heterocycles. The minimum absolute atomic E-state index is 0.389. The van der Waals surface area contributed by atoms with Gasteiger partial charge in [-0.05, 0) is 40.3 Å². The molecular weight excluding hydrogens is 258 g/mol. The van der Waals surface area contributed by atoms with Crippen LogP contribution >= 0.6 is 0 Å². The summed E-state index contributed by atoms with van der Waals surface area (Å²) in [6, 6.07) is 0. The summed E-state index contributed by atoms with van der Waals surface area (Å²) in [6.45, 7) is 12.1. The molecule has 0 fully saturated rings. The molecule has 0 radical (unpaired) electrons. The Morgan fingerprint density at radius 1 is 1.00 bits per heavy atom. The van der Waals surface area contributed by atoms with Crippen molar-refractivity contribution in [2.75, 3.05) is 19.6 Å². The summed E-state index contributed by atoms with van der Waals surface area (Å²) < 4.78 is 0. The van der Waals surface area contributed by atoms with E-state index in [1.54, 1.807) is 32.9 Å². The molecule has 0 aromatic carbocycles. The number of carbonyl (C=O) groups is 2. The van der Waals surface area contributed by atoms with Gasteiger partial charge >= 0.3 is 11.9 Å². The van der Waals surface area contributed by atoms with Crippen molar-refractivity contribution in [3.8, 4) is 0 Å². The second-order valence-corrected chi connectivity index (χ2v) is 4.28. The molecule has 0 heterocycles. The summed E-state index contributed by atoms with van der Waals surface area (Å²) >= 11 is 0. The van der Waals surface area contributed by atoms with E-state index in [0.29, 0.717) is 11.1 Å². The maximum absolute atomic E-state index is 10.4. The van der Waals surface area contributed by atoms with Crippen molar-refractivity contribution in [2.45, 2.75) is 41.0 Å². The second-order valence-electron chi connectivity index (χ2n) is 4.28. The largest absolute Gasteiger partial charge is 0.478 e. The van der Waals surface area contributed by atoms with Crippen LogP contribution in [0.3, 0.4) is 0 Å². The maximum atomic E-state index is 10.4. The average molecular weight is 285 g/mol. The predicted octanol–water partition coefficient (Wildman–Crippen LogP) is 2.79. The van der Waals surface area contributed by atoms with E-state index in [4.69, 9.17) is 10.2 Å². The van der Waals surface area contributed by atoms with Crippen LogP contribution in [0.25, 0.3) is 0 Å². The van der Waals surface area contributed by atoms with Crippen LogP contribution in [0.5, 0.6) is 0 Å². The number of hydrogen-bond acceptors (Lipinski definition) is 3. The molecule has 0 aliphatic carbocycles. The van der Waals surface area contributed by atoms with Crippen molar-refractivity contribution in [3.63, 3.8) is 0 Å². The summed E-state index contributed by atoms with van der Waals surface area (Å²) in [6.07, 6.45) is 4.16. The SMILES string of the molecule is CC=C(C)C(=O)O.CCN(CC)CCC=C(C)C(=O)O. The van der Waals surface area contributed by atoms with Gasteiger partial charge in [0.15, 0.2) is 0 Å². The van der Waals surface area contributed by atoms with Crippen molar-refractivity contribution < 1.29 is 19.8 Å². The molecule has 0 aromatic heterocycles. The highest BCUT2D eigenvalue weighted by Gasteiger charge is 2.00. The third kappa shape index (κ3) is 11.5. The summed E-state index contributed by atoms with van der Waals surface area (Å²) in [5.41, 5.74) is 0.826. The Hall–Kier alpha value is -1.62. The van der Waals surface area contributed by atoms with E-state index < -0.39 is 11.9 Å². The van der Waals surface area contributed by atoms with Crippen LogP contribution < -0.4 is 0 Å². The van der Waals surface area contributed by atoms with Gasteiger partial charge in [-0.25, -0.2) is 9.59 Å². The fourth-order valence-corrected chi connectivity index (χ4v) is 1.21. The van der Waals surface area contributed by atoms with E-state index in [1.165, 1.54) is 0 Å². The fourth-order valence-electron chi connectivity index (χ4n) is 1.21. The molecule has 0 spiro atoms. The highest BCUT2D eigenvalue weighted by atomic mass is 16.4. The van der Waals surface area contributed by atoms with Crippen LogP contribution in [0.15, 0.2) is 23.3 Å². The quantitative estimate of drug-likeness (QED) is 0.703. The minimum atomic E-state index is -0.845. The maximum Gasteiger partial charge on any atom is 0.330 e. The standard InChI is InChI=1S/C10H19NO2.C5H8O2/c1-4-11(5-2)8-6-7-9(3)10(12)13;1-3-4(2)5(6)7/h7H,4-6,8H2,1-3H3,(H,12,13);3H,1-2H3,(H,6,7). The molecule has 0 bridgehead atoms. The third-order valence-electron chi connectivity index (χ3n) is 2.90. The van der Waals surface area contributed by atoms with E-state index >= 15 is 0 Å². The highest BCUT2D eigenvalue weighted by molar-refractivity contribution is 5.85. The van der Waals surface area contributed by atoms with Crippen LogP contribution in [-0.4, -0.2) is 46.7 Å². The Kier molecular flexibility index (Phi) is 12.8. The number of carboxylic acid groups (broad SMARTS) is 2. The molecule has 0 amide bonds. The minimum Gasteiger partial charge on any atom is -0.478 e. The van der Waals surface area contributed by atoms with Crippen molar-refractivity contribution in [1.29, 1.82) is 0 Å². The first-order valence-corrected chi connectivity index (χ1v) is 6.78. The van der Waals surface area contributed by atoms with Crippen LogP contribution in [0.4, 0.5) is 0 Å². The molecule has 2 N–H and O–H groups in total. The van der Waals surface area contributed by atoms with Gasteiger partial charge in [0.05, 0.1) is 0 Å². The van der Waals surface area contributed by atoms with E-state index in [1.807, 2.05) is 0 Å². The second kappa shape index (κ2) is 12.4. The van der Waals surface area contributed by atoms with Crippen molar-refractivity contribution in [2.24, 2.45) is 0 Å². The fraction of sp³-hybridized carbons (Fsp3) is 0.600. The Balaban J connectivity index is 0. The first kappa shape index (κ1) is 20.7. The van der Waals surface area contributed by atoms with Gasteiger partial charge in [0.1, 0.15) is 0 Å². The van der Waals surface area contributed by atoms with E-state index in [0.717, 1.165) is 26.1 Å². The molecule has 5 nitrogen and oxygen atoms in total. The Bertz CT molecular complexity index is 355. The van der Waals surface area contributed by atoms with Crippen molar-refractivity contribution in [3.05, 3.63) is 23.3 Å². The molecule has 5 heteroatoms. The number of allylic oxidation sites excluding steroid dienone is 1. The third-order valence-corrected chi connectivity index (χ3v) is 2.90. The zero-order chi connectivity index (χ0) is 16.1. The van der Waals surface area contributed by atoms with Gasteiger partial charge in [0.2, 0.25) is 0 Å². The van der Waals surface area contributed by atoms with Gasteiger partial charge in [-0.2, -0.15) is 0 Å². The number of carboxylic acids is 2. The van der Waals surface area contributed by atoms with Crippen LogP contribution in [0.2, 0.25) is 0 Å². The van der Waals surface area contributed by atoms with Crippen LogP contribution in [-0.2, 0) is 9.59 Å². The average Bonchev–Trinajstić information content (AvgIpc) is 2.42. The lowest BCUT2D eigenvalue weighted by atomic mass is 10.2. The molecule has 116 valence electrons. The Morgan fingerprint density at radius 3 is 1.70 bits per heavy atom. The molecule has 0 atom stereocenters. The first-order chi connectivity index (χ1) is 9.29. The summed E-state index contributed by atoms with van der Waals surface area (Å²) in [5, 5.41) is 16.7. The lowest BCUT2D eigenvalue weighted by Crippen LogP contribution is -2.23. The Morgan fingerprint density at radius 2 is 1.45 bits per heavy atom. The lowest BCUT2D eigenvalue weighted by molar-refractivity contribution is -0.133. The first-order valence-electron chi connectivity index (χ1n) is 6.78. The lowest BCUT2D eigenvalue weighted by Gasteiger charge is -2.16. The van der Waals surface area contributed by atoms with Gasteiger partial charge in [-0.15, -0.1) is 0 Å². The summed E-state index contributed by atoms with van der Waals surface area (Å²) in [7, 11) is 0. The Labute approximate surface area is 121 Å². The van der Waals surface area contributed by atoms with E-state index in [9.17, 15) is 9.59 Å².